The maximum Gasteiger partial charge on any atom is 0.231 e. The van der Waals surface area contributed by atoms with Crippen LogP contribution in [0.1, 0.15) is 32.6 Å². The molecule has 138 valence electrons. The number of rotatable bonds is 6. The van der Waals surface area contributed by atoms with E-state index in [2.05, 4.69) is 0 Å². The predicted molar refractivity (Wildman–Crippen MR) is 90.2 cm³/mol. The fourth-order valence-electron chi connectivity index (χ4n) is 3.90. The molecule has 0 spiro atoms. The SMILES string of the molecule is COCC[C@]1(O)CCN(C(=O)C2CCCN(CC(N)=O)C2)C[C@H]1C. The zero-order chi connectivity index (χ0) is 17.7. The van der Waals surface area contributed by atoms with E-state index >= 15 is 0 Å². The Morgan fingerprint density at radius 3 is 2.71 bits per heavy atom. The van der Waals surface area contributed by atoms with Crippen LogP contribution in [0.5, 0.6) is 0 Å². The quantitative estimate of drug-likeness (QED) is 0.699. The molecule has 0 bridgehead atoms. The van der Waals surface area contributed by atoms with Crippen molar-refractivity contribution in [1.29, 1.82) is 0 Å². The zero-order valence-electron chi connectivity index (χ0n) is 14.9. The number of carbonyl (C=O) groups is 2. The molecule has 24 heavy (non-hydrogen) atoms. The van der Waals surface area contributed by atoms with Gasteiger partial charge in [0.15, 0.2) is 0 Å². The Labute approximate surface area is 144 Å². The van der Waals surface area contributed by atoms with Gasteiger partial charge in [-0.25, -0.2) is 0 Å². The molecule has 2 amide bonds. The average molecular weight is 341 g/mol. The van der Waals surface area contributed by atoms with Crippen molar-refractivity contribution in [2.45, 2.75) is 38.2 Å². The van der Waals surface area contributed by atoms with Crippen molar-refractivity contribution < 1.29 is 19.4 Å². The van der Waals surface area contributed by atoms with Crippen molar-refractivity contribution in [2.75, 3.05) is 46.4 Å². The summed E-state index contributed by atoms with van der Waals surface area (Å²) in [6, 6.07) is 0. The fraction of sp³-hybridized carbons (Fsp3) is 0.882. The number of aliphatic hydroxyl groups is 1. The first-order chi connectivity index (χ1) is 11.4. The lowest BCUT2D eigenvalue weighted by atomic mass is 9.79. The van der Waals surface area contributed by atoms with Crippen LogP contribution < -0.4 is 5.73 Å². The van der Waals surface area contributed by atoms with Gasteiger partial charge in [0, 0.05) is 39.3 Å². The number of hydrogen-bond donors (Lipinski definition) is 2. The summed E-state index contributed by atoms with van der Waals surface area (Å²) in [6.07, 6.45) is 2.95. The number of likely N-dealkylation sites (tertiary alicyclic amines) is 2. The van der Waals surface area contributed by atoms with Gasteiger partial charge in [0.1, 0.15) is 0 Å². The highest BCUT2D eigenvalue weighted by Gasteiger charge is 2.41. The van der Waals surface area contributed by atoms with Crippen LogP contribution in [-0.2, 0) is 14.3 Å². The molecule has 3 atom stereocenters. The molecule has 2 heterocycles. The number of methoxy groups -OCH3 is 1. The molecule has 2 rings (SSSR count). The van der Waals surface area contributed by atoms with Gasteiger partial charge < -0.3 is 20.5 Å². The number of nitrogens with two attached hydrogens (primary N) is 1. The molecule has 0 radical (unpaired) electrons. The van der Waals surface area contributed by atoms with E-state index in [0.717, 1.165) is 19.4 Å². The van der Waals surface area contributed by atoms with E-state index in [0.29, 0.717) is 39.1 Å². The van der Waals surface area contributed by atoms with Crippen LogP contribution in [-0.4, -0.2) is 78.8 Å². The summed E-state index contributed by atoms with van der Waals surface area (Å²) >= 11 is 0. The Balaban J connectivity index is 1.90. The molecule has 7 nitrogen and oxygen atoms in total. The first kappa shape index (κ1) is 19.1. The molecule has 0 saturated carbocycles. The van der Waals surface area contributed by atoms with Crippen LogP contribution in [0, 0.1) is 11.8 Å². The van der Waals surface area contributed by atoms with Crippen LogP contribution in [0.4, 0.5) is 0 Å². The van der Waals surface area contributed by atoms with Crippen LogP contribution in [0.2, 0.25) is 0 Å². The van der Waals surface area contributed by atoms with Gasteiger partial charge in [0.25, 0.3) is 0 Å². The summed E-state index contributed by atoms with van der Waals surface area (Å²) in [5.74, 6) is -0.256. The summed E-state index contributed by atoms with van der Waals surface area (Å²) in [4.78, 5) is 27.8. The van der Waals surface area contributed by atoms with Crippen molar-refractivity contribution in [2.24, 2.45) is 17.6 Å². The normalized spacial score (nSPS) is 31.9. The molecule has 0 aromatic heterocycles. The molecule has 0 aromatic rings. The van der Waals surface area contributed by atoms with Crippen molar-refractivity contribution in [3.8, 4) is 0 Å². The Morgan fingerprint density at radius 2 is 2.08 bits per heavy atom. The summed E-state index contributed by atoms with van der Waals surface area (Å²) in [6.45, 7) is 5.31. The first-order valence-corrected chi connectivity index (χ1v) is 8.86. The molecule has 3 N–H and O–H groups in total. The topological polar surface area (TPSA) is 96.1 Å². The fourth-order valence-corrected chi connectivity index (χ4v) is 3.90. The molecule has 0 aromatic carbocycles. The number of primary amides is 1. The number of ether oxygens (including phenoxy) is 1. The van der Waals surface area contributed by atoms with E-state index < -0.39 is 5.60 Å². The molecule has 1 unspecified atom stereocenters. The molecular weight excluding hydrogens is 310 g/mol. The highest BCUT2D eigenvalue weighted by atomic mass is 16.5. The highest BCUT2D eigenvalue weighted by molar-refractivity contribution is 5.80. The van der Waals surface area contributed by atoms with E-state index in [1.165, 1.54) is 0 Å². The smallest absolute Gasteiger partial charge is 0.231 e. The predicted octanol–water partition coefficient (Wildman–Crippen LogP) is -0.180. The van der Waals surface area contributed by atoms with Crippen molar-refractivity contribution >= 4 is 11.8 Å². The maximum absolute atomic E-state index is 12.8. The third-order valence-electron chi connectivity index (χ3n) is 5.51. The molecule has 0 aliphatic carbocycles. The van der Waals surface area contributed by atoms with Gasteiger partial charge >= 0.3 is 0 Å². The molecule has 2 fully saturated rings. The second-order valence-corrected chi connectivity index (χ2v) is 7.32. The van der Waals surface area contributed by atoms with Crippen LogP contribution in [0.3, 0.4) is 0 Å². The second kappa shape index (κ2) is 8.27. The van der Waals surface area contributed by atoms with Crippen LogP contribution in [0.25, 0.3) is 0 Å². The number of hydrogen-bond acceptors (Lipinski definition) is 5. The van der Waals surface area contributed by atoms with E-state index in [1.807, 2.05) is 16.7 Å². The minimum absolute atomic E-state index is 0.0238. The third kappa shape index (κ3) is 4.68. The largest absolute Gasteiger partial charge is 0.389 e. The lowest BCUT2D eigenvalue weighted by Crippen LogP contribution is -2.55. The van der Waals surface area contributed by atoms with E-state index in [-0.39, 0.29) is 30.2 Å². The lowest BCUT2D eigenvalue weighted by Gasteiger charge is -2.45. The highest BCUT2D eigenvalue weighted by Crippen LogP contribution is 2.32. The Kier molecular flexibility index (Phi) is 6.60. The molecule has 2 aliphatic rings. The third-order valence-corrected chi connectivity index (χ3v) is 5.51. The van der Waals surface area contributed by atoms with E-state index in [9.17, 15) is 14.7 Å². The second-order valence-electron chi connectivity index (χ2n) is 7.32. The number of piperidine rings is 2. The molecular formula is C17H31N3O4. The van der Waals surface area contributed by atoms with Gasteiger partial charge in [-0.2, -0.15) is 0 Å². The van der Waals surface area contributed by atoms with Crippen molar-refractivity contribution in [1.82, 2.24) is 9.80 Å². The van der Waals surface area contributed by atoms with Gasteiger partial charge in [-0.15, -0.1) is 0 Å². The summed E-state index contributed by atoms with van der Waals surface area (Å²) in [7, 11) is 1.63. The van der Waals surface area contributed by atoms with Crippen molar-refractivity contribution in [3.05, 3.63) is 0 Å². The van der Waals surface area contributed by atoms with Crippen molar-refractivity contribution in [3.63, 3.8) is 0 Å². The standard InChI is InChI=1S/C17H31N3O4/c1-13-10-20(8-5-17(13,23)6-9-24-2)16(22)14-4-3-7-19(11-14)12-15(18)21/h13-14,23H,3-12H2,1-2H3,(H2,18,21)/t13-,14?,17-/m1/s1. The van der Waals surface area contributed by atoms with Crippen LogP contribution in [0.15, 0.2) is 0 Å². The summed E-state index contributed by atoms with van der Waals surface area (Å²) < 4.78 is 5.09. The Bertz CT molecular complexity index is 459. The van der Waals surface area contributed by atoms with Gasteiger partial charge in [0.05, 0.1) is 18.1 Å². The number of nitrogens with zero attached hydrogens (tertiary/aromatic N) is 2. The zero-order valence-corrected chi connectivity index (χ0v) is 14.9. The lowest BCUT2D eigenvalue weighted by molar-refractivity contribution is -0.147. The van der Waals surface area contributed by atoms with Gasteiger partial charge in [0.2, 0.25) is 11.8 Å². The van der Waals surface area contributed by atoms with Crippen LogP contribution >= 0.6 is 0 Å². The monoisotopic (exact) mass is 341 g/mol. The first-order valence-electron chi connectivity index (χ1n) is 8.86. The van der Waals surface area contributed by atoms with Gasteiger partial charge in [-0.3, -0.25) is 14.5 Å². The molecule has 2 saturated heterocycles. The molecule has 7 heteroatoms. The average Bonchev–Trinajstić information content (AvgIpc) is 2.55. The van der Waals surface area contributed by atoms with E-state index in [4.69, 9.17) is 10.5 Å². The Hall–Kier alpha value is -1.18. The number of carbonyl (C=O) groups excluding carboxylic acids is 2. The van der Waals surface area contributed by atoms with E-state index in [1.54, 1.807) is 7.11 Å². The summed E-state index contributed by atoms with van der Waals surface area (Å²) in [5, 5.41) is 10.7. The minimum Gasteiger partial charge on any atom is -0.389 e. The maximum atomic E-state index is 12.8. The number of amides is 2. The minimum atomic E-state index is -0.753. The Morgan fingerprint density at radius 1 is 1.33 bits per heavy atom. The van der Waals surface area contributed by atoms with Gasteiger partial charge in [-0.05, 0) is 32.2 Å². The summed E-state index contributed by atoms with van der Waals surface area (Å²) in [5.41, 5.74) is 4.51. The van der Waals surface area contributed by atoms with Gasteiger partial charge in [-0.1, -0.05) is 6.92 Å². The molecule has 2 aliphatic heterocycles.